The number of rotatable bonds is 8. The molecule has 0 aliphatic heterocycles. The van der Waals surface area contributed by atoms with E-state index in [1.807, 2.05) is 13.8 Å². The number of carboxylic acids is 1. The van der Waals surface area contributed by atoms with Crippen LogP contribution in [-0.2, 0) is 4.79 Å². The number of amides is 1. The molecule has 0 spiro atoms. The van der Waals surface area contributed by atoms with E-state index in [0.29, 0.717) is 0 Å². The fourth-order valence-electron chi connectivity index (χ4n) is 2.15. The topological polar surface area (TPSA) is 128 Å². The van der Waals surface area contributed by atoms with Gasteiger partial charge >= 0.3 is 11.7 Å². The maximum atomic E-state index is 12.3. The Hall–Kier alpha value is -2.84. The molecule has 0 aliphatic carbocycles. The summed E-state index contributed by atoms with van der Waals surface area (Å²) >= 11 is 0. The molecular weight excluding hydrogens is 320 g/mol. The molecule has 0 radical (unpaired) electrons. The van der Waals surface area contributed by atoms with Gasteiger partial charge in [0.2, 0.25) is 5.75 Å². The molecule has 1 amide bonds. The van der Waals surface area contributed by atoms with Crippen molar-refractivity contribution in [2.45, 2.75) is 26.3 Å². The number of nitro benzene ring substituents is 1. The lowest BCUT2D eigenvalue weighted by Crippen LogP contribution is -2.41. The molecule has 0 aliphatic rings. The predicted octanol–water partition coefficient (Wildman–Crippen LogP) is 1.84. The van der Waals surface area contributed by atoms with Crippen LogP contribution >= 0.6 is 0 Å². The normalized spacial score (nSPS) is 11.7. The molecule has 9 heteroatoms. The average Bonchev–Trinajstić information content (AvgIpc) is 2.51. The van der Waals surface area contributed by atoms with E-state index in [0.717, 1.165) is 6.07 Å². The molecule has 0 saturated heterocycles. The van der Waals surface area contributed by atoms with Crippen LogP contribution < -0.4 is 14.8 Å². The minimum absolute atomic E-state index is 0.00702. The third-order valence-corrected chi connectivity index (χ3v) is 3.23. The van der Waals surface area contributed by atoms with Crippen molar-refractivity contribution in [2.75, 3.05) is 14.2 Å². The lowest BCUT2D eigenvalue weighted by Gasteiger charge is -2.17. The summed E-state index contributed by atoms with van der Waals surface area (Å²) in [4.78, 5) is 34.0. The molecule has 132 valence electrons. The molecule has 0 fully saturated rings. The van der Waals surface area contributed by atoms with Gasteiger partial charge in [0, 0.05) is 6.07 Å². The highest BCUT2D eigenvalue weighted by Crippen LogP contribution is 2.37. The number of methoxy groups -OCH3 is 2. The molecule has 1 aromatic carbocycles. The quantitative estimate of drug-likeness (QED) is 0.546. The van der Waals surface area contributed by atoms with E-state index in [4.69, 9.17) is 9.47 Å². The summed E-state index contributed by atoms with van der Waals surface area (Å²) in [5, 5.41) is 22.7. The molecule has 1 atom stereocenters. The molecule has 1 rings (SSSR count). The van der Waals surface area contributed by atoms with Gasteiger partial charge in [-0.3, -0.25) is 14.9 Å². The van der Waals surface area contributed by atoms with E-state index >= 15 is 0 Å². The zero-order valence-electron chi connectivity index (χ0n) is 13.9. The monoisotopic (exact) mass is 340 g/mol. The van der Waals surface area contributed by atoms with Crippen molar-refractivity contribution >= 4 is 17.6 Å². The predicted molar refractivity (Wildman–Crippen MR) is 84.5 cm³/mol. The smallest absolute Gasteiger partial charge is 0.326 e. The van der Waals surface area contributed by atoms with Gasteiger partial charge in [0.25, 0.3) is 5.91 Å². The SMILES string of the molecule is COc1cc(C(=O)N[C@H](CC(C)C)C(=O)O)cc([N+](=O)[O-])c1OC. The number of ether oxygens (including phenoxy) is 2. The summed E-state index contributed by atoms with van der Waals surface area (Å²) in [6, 6.07) is 1.19. The first kappa shape index (κ1) is 19.2. The Bertz CT molecular complexity index is 643. The van der Waals surface area contributed by atoms with Crippen LogP contribution in [-0.4, -0.2) is 42.2 Å². The van der Waals surface area contributed by atoms with Crippen LogP contribution in [0.3, 0.4) is 0 Å². The third-order valence-electron chi connectivity index (χ3n) is 3.23. The maximum absolute atomic E-state index is 12.3. The molecule has 0 bridgehead atoms. The second-order valence-corrected chi connectivity index (χ2v) is 5.48. The van der Waals surface area contributed by atoms with E-state index in [1.165, 1.54) is 20.3 Å². The molecule has 0 aromatic heterocycles. The van der Waals surface area contributed by atoms with Crippen LogP contribution in [0.5, 0.6) is 11.5 Å². The number of nitrogens with zero attached hydrogens (tertiary/aromatic N) is 1. The molecule has 9 nitrogen and oxygen atoms in total. The van der Waals surface area contributed by atoms with Gasteiger partial charge < -0.3 is 19.9 Å². The fraction of sp³-hybridized carbons (Fsp3) is 0.467. The van der Waals surface area contributed by atoms with Gasteiger partial charge in [-0.25, -0.2) is 4.79 Å². The van der Waals surface area contributed by atoms with Crippen LogP contribution in [0.2, 0.25) is 0 Å². The lowest BCUT2D eigenvalue weighted by atomic mass is 10.0. The Labute approximate surface area is 138 Å². The molecule has 1 aromatic rings. The summed E-state index contributed by atoms with van der Waals surface area (Å²) < 4.78 is 9.95. The van der Waals surface area contributed by atoms with Gasteiger partial charge in [-0.05, 0) is 18.4 Å². The first-order chi connectivity index (χ1) is 11.2. The molecule has 0 unspecified atom stereocenters. The number of hydrogen-bond donors (Lipinski definition) is 2. The van der Waals surface area contributed by atoms with Crippen LogP contribution in [0.25, 0.3) is 0 Å². The zero-order chi connectivity index (χ0) is 18.4. The van der Waals surface area contributed by atoms with Crippen molar-refractivity contribution in [3.05, 3.63) is 27.8 Å². The van der Waals surface area contributed by atoms with Crippen molar-refractivity contribution < 1.29 is 29.1 Å². The largest absolute Gasteiger partial charge is 0.493 e. The number of nitro groups is 1. The molecular formula is C15H20N2O7. The van der Waals surface area contributed by atoms with Crippen LogP contribution in [0.15, 0.2) is 12.1 Å². The van der Waals surface area contributed by atoms with Crippen molar-refractivity contribution in [3.63, 3.8) is 0 Å². The summed E-state index contributed by atoms with van der Waals surface area (Å²) in [6.45, 7) is 3.65. The number of nitrogens with one attached hydrogen (secondary N) is 1. The van der Waals surface area contributed by atoms with E-state index in [-0.39, 0.29) is 29.4 Å². The highest BCUT2D eigenvalue weighted by atomic mass is 16.6. The third kappa shape index (κ3) is 4.58. The number of benzene rings is 1. The first-order valence-electron chi connectivity index (χ1n) is 7.15. The van der Waals surface area contributed by atoms with Gasteiger partial charge in [0.15, 0.2) is 5.75 Å². The van der Waals surface area contributed by atoms with Gasteiger partial charge in [0.05, 0.1) is 24.7 Å². The van der Waals surface area contributed by atoms with Gasteiger partial charge in [-0.15, -0.1) is 0 Å². The molecule has 24 heavy (non-hydrogen) atoms. The summed E-state index contributed by atoms with van der Waals surface area (Å²) in [6.07, 6.45) is 0.233. The maximum Gasteiger partial charge on any atom is 0.326 e. The Morgan fingerprint density at radius 3 is 2.33 bits per heavy atom. The number of aliphatic carboxylic acids is 1. The zero-order valence-corrected chi connectivity index (χ0v) is 13.9. The minimum atomic E-state index is -1.17. The minimum Gasteiger partial charge on any atom is -0.493 e. The first-order valence-corrected chi connectivity index (χ1v) is 7.15. The number of hydrogen-bond acceptors (Lipinski definition) is 6. The second-order valence-electron chi connectivity index (χ2n) is 5.48. The van der Waals surface area contributed by atoms with Crippen molar-refractivity contribution in [2.24, 2.45) is 5.92 Å². The Balaban J connectivity index is 3.20. The molecule has 0 saturated carbocycles. The van der Waals surface area contributed by atoms with Crippen LogP contribution in [0, 0.1) is 16.0 Å². The Morgan fingerprint density at radius 2 is 1.92 bits per heavy atom. The van der Waals surface area contributed by atoms with Crippen molar-refractivity contribution in [3.8, 4) is 11.5 Å². The van der Waals surface area contributed by atoms with Crippen LogP contribution in [0.4, 0.5) is 5.69 Å². The Kier molecular flexibility index (Phi) is 6.51. The number of carbonyl (C=O) groups is 2. The number of carbonyl (C=O) groups excluding carboxylic acids is 1. The van der Waals surface area contributed by atoms with Gasteiger partial charge in [-0.2, -0.15) is 0 Å². The highest BCUT2D eigenvalue weighted by molar-refractivity contribution is 5.98. The van der Waals surface area contributed by atoms with Crippen LogP contribution in [0.1, 0.15) is 30.6 Å². The summed E-state index contributed by atoms with van der Waals surface area (Å²) in [5.74, 6) is -1.98. The van der Waals surface area contributed by atoms with Crippen molar-refractivity contribution in [1.29, 1.82) is 0 Å². The lowest BCUT2D eigenvalue weighted by molar-refractivity contribution is -0.385. The van der Waals surface area contributed by atoms with E-state index in [2.05, 4.69) is 5.32 Å². The Morgan fingerprint density at radius 1 is 1.29 bits per heavy atom. The standard InChI is InChI=1S/C15H20N2O7/c1-8(2)5-10(15(19)20)16-14(18)9-6-11(17(21)22)13(24-4)12(7-9)23-3/h6-8,10H,5H2,1-4H3,(H,16,18)(H,19,20)/t10-/m1/s1. The van der Waals surface area contributed by atoms with E-state index < -0.39 is 28.5 Å². The van der Waals surface area contributed by atoms with Gasteiger partial charge in [-0.1, -0.05) is 13.8 Å². The average molecular weight is 340 g/mol. The number of carboxylic acid groups (broad SMARTS) is 1. The molecule has 0 heterocycles. The van der Waals surface area contributed by atoms with E-state index in [1.54, 1.807) is 0 Å². The summed E-state index contributed by atoms with van der Waals surface area (Å²) in [7, 11) is 2.52. The highest BCUT2D eigenvalue weighted by Gasteiger charge is 2.26. The second kappa shape index (κ2) is 8.14. The summed E-state index contributed by atoms with van der Waals surface area (Å²) in [5.41, 5.74) is -0.535. The van der Waals surface area contributed by atoms with Gasteiger partial charge in [0.1, 0.15) is 6.04 Å². The van der Waals surface area contributed by atoms with Crippen molar-refractivity contribution in [1.82, 2.24) is 5.32 Å². The van der Waals surface area contributed by atoms with E-state index in [9.17, 15) is 24.8 Å². The molecule has 2 N–H and O–H groups in total. The fourth-order valence-corrected chi connectivity index (χ4v) is 2.15.